The molecular weight excluding hydrogens is 306 g/mol. The maximum absolute atomic E-state index is 4.93. The summed E-state index contributed by atoms with van der Waals surface area (Å²) in [5.74, 6) is 0. The fraction of sp³-hybridized carbons (Fsp3) is 0.333. The Balaban J connectivity index is 0.000000337. The summed E-state index contributed by atoms with van der Waals surface area (Å²) in [7, 11) is 9.87. The Labute approximate surface area is 110 Å². The van der Waals surface area contributed by atoms with Crippen LogP contribution in [0.5, 0.6) is 0 Å². The van der Waals surface area contributed by atoms with Gasteiger partial charge in [0.25, 0.3) is 0 Å². The van der Waals surface area contributed by atoms with Crippen LogP contribution >= 0.6 is 17.0 Å². The average Bonchev–Trinajstić information content (AvgIpc) is 2.64. The molecule has 0 amide bonds. The molecule has 1 aliphatic rings. The molecule has 0 spiro atoms. The summed E-state index contributed by atoms with van der Waals surface area (Å²) in [4.78, 5) is 0. The van der Waals surface area contributed by atoms with Crippen LogP contribution in [0.4, 0.5) is 0 Å². The Hall–Kier alpha value is 0.423. The van der Waals surface area contributed by atoms with Crippen molar-refractivity contribution in [3.8, 4) is 0 Å². The minimum absolute atomic E-state index is 0.826. The molecule has 15 heavy (non-hydrogen) atoms. The number of hydrogen-bond donors (Lipinski definition) is 0. The summed E-state index contributed by atoms with van der Waals surface area (Å²) in [6, 6.07) is 8.73. The van der Waals surface area contributed by atoms with E-state index >= 15 is 0 Å². The molecule has 3 heteroatoms. The molecule has 1 aromatic carbocycles. The summed E-state index contributed by atoms with van der Waals surface area (Å²) in [6.45, 7) is 2.24. The number of fused-ring (bicyclic) bond motifs is 1. The van der Waals surface area contributed by atoms with E-state index < -0.39 is 20.8 Å². The fourth-order valence-electron chi connectivity index (χ4n) is 1.86. The van der Waals surface area contributed by atoms with Crippen LogP contribution in [0.15, 0.2) is 30.3 Å². The second-order valence-electron chi connectivity index (χ2n) is 3.41. The van der Waals surface area contributed by atoms with Gasteiger partial charge in [0.15, 0.2) is 0 Å². The summed E-state index contributed by atoms with van der Waals surface area (Å²) in [5, 5.41) is 0. The second-order valence-corrected chi connectivity index (χ2v) is 7.14. The standard InChI is InChI=1S/C12H14.2ClH.Zr/c1-2-5-10-8-9-11-6-3-4-7-12(10)11;;;/h3-4,6-8H,2,5,9H2,1H3;2*1H;/q;;;+2/p-2. The number of halogens is 2. The zero-order chi connectivity index (χ0) is 11.1. The first-order valence-corrected chi connectivity index (χ1v) is 11.4. The fourth-order valence-corrected chi connectivity index (χ4v) is 1.86. The van der Waals surface area contributed by atoms with E-state index in [2.05, 4.69) is 37.3 Å². The third-order valence-corrected chi connectivity index (χ3v) is 2.45. The van der Waals surface area contributed by atoms with Crippen LogP contribution in [-0.4, -0.2) is 0 Å². The predicted octanol–water partition coefficient (Wildman–Crippen LogP) is 4.80. The SMILES string of the molecule is CCCC1=CCc2ccccc21.[Cl][Zr][Cl]. The van der Waals surface area contributed by atoms with Crippen molar-refractivity contribution < 1.29 is 20.8 Å². The van der Waals surface area contributed by atoms with E-state index in [1.54, 1.807) is 5.57 Å². The minimum atomic E-state index is -0.826. The number of hydrogen-bond acceptors (Lipinski definition) is 0. The molecule has 2 rings (SSSR count). The second kappa shape index (κ2) is 7.66. The van der Waals surface area contributed by atoms with Gasteiger partial charge >= 0.3 is 37.9 Å². The molecule has 0 saturated carbocycles. The van der Waals surface area contributed by atoms with Crippen LogP contribution in [0.1, 0.15) is 30.9 Å². The van der Waals surface area contributed by atoms with Crippen LogP contribution in [0.3, 0.4) is 0 Å². The molecule has 0 saturated heterocycles. The van der Waals surface area contributed by atoms with Gasteiger partial charge in [0.1, 0.15) is 0 Å². The quantitative estimate of drug-likeness (QED) is 0.734. The topological polar surface area (TPSA) is 0 Å². The Bertz CT molecular complexity index is 334. The maximum atomic E-state index is 4.93. The molecular formula is C12H14Cl2Zr. The summed E-state index contributed by atoms with van der Waals surface area (Å²) in [6.07, 6.45) is 6.00. The Morgan fingerprint density at radius 3 is 2.60 bits per heavy atom. The van der Waals surface area contributed by atoms with Crippen molar-refractivity contribution >= 4 is 22.6 Å². The monoisotopic (exact) mass is 318 g/mol. The first-order valence-electron chi connectivity index (χ1n) is 5.07. The van der Waals surface area contributed by atoms with Gasteiger partial charge in [-0.15, -0.1) is 0 Å². The van der Waals surface area contributed by atoms with Crippen LogP contribution in [0, 0.1) is 0 Å². The number of allylic oxidation sites excluding steroid dienone is 2. The van der Waals surface area contributed by atoms with Crippen LogP contribution in [-0.2, 0) is 27.3 Å². The van der Waals surface area contributed by atoms with Crippen molar-refractivity contribution in [2.45, 2.75) is 26.2 Å². The van der Waals surface area contributed by atoms with E-state index in [1.807, 2.05) is 0 Å². The van der Waals surface area contributed by atoms with E-state index in [-0.39, 0.29) is 0 Å². The normalized spacial score (nSPS) is 12.3. The first kappa shape index (κ1) is 13.5. The molecule has 0 nitrogen and oxygen atoms in total. The van der Waals surface area contributed by atoms with Crippen LogP contribution in [0.25, 0.3) is 5.57 Å². The molecule has 0 aromatic heterocycles. The zero-order valence-corrected chi connectivity index (χ0v) is 12.7. The molecule has 80 valence electrons. The van der Waals surface area contributed by atoms with Crippen LogP contribution < -0.4 is 0 Å². The summed E-state index contributed by atoms with van der Waals surface area (Å²) >= 11 is -0.826. The van der Waals surface area contributed by atoms with Crippen molar-refractivity contribution in [3.05, 3.63) is 41.5 Å². The van der Waals surface area contributed by atoms with E-state index in [0.29, 0.717) is 0 Å². The van der Waals surface area contributed by atoms with E-state index in [0.717, 1.165) is 6.42 Å². The zero-order valence-electron chi connectivity index (χ0n) is 8.76. The molecule has 0 bridgehead atoms. The van der Waals surface area contributed by atoms with Crippen LogP contribution in [0.2, 0.25) is 0 Å². The summed E-state index contributed by atoms with van der Waals surface area (Å²) < 4.78 is 0. The van der Waals surface area contributed by atoms with Crippen molar-refractivity contribution in [2.24, 2.45) is 0 Å². The van der Waals surface area contributed by atoms with Crippen molar-refractivity contribution in [1.29, 1.82) is 0 Å². The summed E-state index contributed by atoms with van der Waals surface area (Å²) in [5.41, 5.74) is 4.54. The van der Waals surface area contributed by atoms with Gasteiger partial charge in [-0.1, -0.05) is 43.7 Å². The Morgan fingerprint density at radius 2 is 1.93 bits per heavy atom. The molecule has 0 fully saturated rings. The van der Waals surface area contributed by atoms with Gasteiger partial charge in [0.05, 0.1) is 0 Å². The van der Waals surface area contributed by atoms with E-state index in [1.165, 1.54) is 24.0 Å². The Morgan fingerprint density at radius 1 is 1.27 bits per heavy atom. The molecule has 0 aliphatic heterocycles. The first-order chi connectivity index (χ1) is 7.33. The van der Waals surface area contributed by atoms with Gasteiger partial charge in [-0.25, -0.2) is 0 Å². The Kier molecular flexibility index (Phi) is 6.88. The van der Waals surface area contributed by atoms with E-state index in [9.17, 15) is 0 Å². The molecule has 1 aliphatic carbocycles. The van der Waals surface area contributed by atoms with Crippen molar-refractivity contribution in [2.75, 3.05) is 0 Å². The molecule has 0 heterocycles. The third kappa shape index (κ3) is 4.06. The van der Waals surface area contributed by atoms with Gasteiger partial charge in [0, 0.05) is 0 Å². The van der Waals surface area contributed by atoms with Gasteiger partial charge in [0.2, 0.25) is 0 Å². The molecule has 0 unspecified atom stereocenters. The predicted molar refractivity (Wildman–Crippen MR) is 64.7 cm³/mol. The molecule has 1 aromatic rings. The van der Waals surface area contributed by atoms with Crippen molar-refractivity contribution in [1.82, 2.24) is 0 Å². The van der Waals surface area contributed by atoms with Gasteiger partial charge in [-0.3, -0.25) is 0 Å². The average molecular weight is 320 g/mol. The third-order valence-electron chi connectivity index (χ3n) is 2.45. The molecule has 0 N–H and O–H groups in total. The molecule has 0 atom stereocenters. The van der Waals surface area contributed by atoms with Gasteiger partial charge < -0.3 is 0 Å². The van der Waals surface area contributed by atoms with Gasteiger partial charge in [-0.2, -0.15) is 0 Å². The molecule has 0 radical (unpaired) electrons. The number of benzene rings is 1. The van der Waals surface area contributed by atoms with E-state index in [4.69, 9.17) is 17.0 Å². The van der Waals surface area contributed by atoms with Crippen molar-refractivity contribution in [3.63, 3.8) is 0 Å². The van der Waals surface area contributed by atoms with Gasteiger partial charge in [-0.05, 0) is 29.5 Å². The number of rotatable bonds is 2.